The summed E-state index contributed by atoms with van der Waals surface area (Å²) in [5.74, 6) is 0. The number of sulfonamides is 1. The zero-order chi connectivity index (χ0) is 14.8. The van der Waals surface area contributed by atoms with Crippen LogP contribution in [0.3, 0.4) is 0 Å². The van der Waals surface area contributed by atoms with E-state index in [1.54, 1.807) is 43.3 Å². The highest BCUT2D eigenvalue weighted by atomic mass is 35.5. The number of rotatable bonds is 4. The molecule has 4 nitrogen and oxygen atoms in total. The van der Waals surface area contributed by atoms with Crippen molar-refractivity contribution in [1.29, 1.82) is 0 Å². The van der Waals surface area contributed by atoms with E-state index < -0.39 is 10.0 Å². The average Bonchev–Trinajstić information content (AvgIpc) is 2.41. The molecule has 20 heavy (non-hydrogen) atoms. The van der Waals surface area contributed by atoms with Gasteiger partial charge in [0.05, 0.1) is 11.5 Å². The predicted molar refractivity (Wildman–Crippen MR) is 79.4 cm³/mol. The lowest BCUT2D eigenvalue weighted by Crippen LogP contribution is -2.14. The quantitative estimate of drug-likeness (QED) is 0.912. The van der Waals surface area contributed by atoms with Crippen LogP contribution in [0.1, 0.15) is 11.1 Å². The van der Waals surface area contributed by atoms with Crippen LogP contribution >= 0.6 is 11.6 Å². The summed E-state index contributed by atoms with van der Waals surface area (Å²) < 4.78 is 27.2. The SMILES string of the molecule is Cc1c(Cl)cccc1S(=O)(=O)Nc1cccc(CO)c1. The van der Waals surface area contributed by atoms with Crippen LogP contribution in [-0.2, 0) is 16.6 Å². The molecule has 0 amide bonds. The van der Waals surface area contributed by atoms with Crippen molar-refractivity contribution in [2.24, 2.45) is 0 Å². The van der Waals surface area contributed by atoms with Gasteiger partial charge in [-0.2, -0.15) is 0 Å². The normalized spacial score (nSPS) is 11.3. The van der Waals surface area contributed by atoms with Crippen molar-refractivity contribution >= 4 is 27.3 Å². The van der Waals surface area contributed by atoms with Crippen LogP contribution in [0.15, 0.2) is 47.4 Å². The van der Waals surface area contributed by atoms with Crippen molar-refractivity contribution in [2.75, 3.05) is 4.72 Å². The summed E-state index contributed by atoms with van der Waals surface area (Å²) in [6, 6.07) is 11.3. The van der Waals surface area contributed by atoms with Gasteiger partial charge >= 0.3 is 0 Å². The van der Waals surface area contributed by atoms with E-state index in [0.29, 0.717) is 21.8 Å². The molecule has 0 atom stereocenters. The molecule has 0 aliphatic rings. The molecular weight excluding hydrogens is 298 g/mol. The van der Waals surface area contributed by atoms with Crippen LogP contribution in [-0.4, -0.2) is 13.5 Å². The molecule has 0 aromatic heterocycles. The first-order chi connectivity index (χ1) is 9.44. The van der Waals surface area contributed by atoms with Crippen LogP contribution < -0.4 is 4.72 Å². The van der Waals surface area contributed by atoms with E-state index in [1.807, 2.05) is 0 Å². The van der Waals surface area contributed by atoms with E-state index in [1.165, 1.54) is 6.07 Å². The van der Waals surface area contributed by atoms with E-state index in [9.17, 15) is 8.42 Å². The lowest BCUT2D eigenvalue weighted by atomic mass is 10.2. The Kier molecular flexibility index (Phi) is 4.32. The number of aliphatic hydroxyl groups excluding tert-OH is 1. The van der Waals surface area contributed by atoms with E-state index in [-0.39, 0.29) is 11.5 Å². The minimum atomic E-state index is -3.71. The van der Waals surface area contributed by atoms with Crippen molar-refractivity contribution in [3.8, 4) is 0 Å². The summed E-state index contributed by atoms with van der Waals surface area (Å²) in [6.07, 6.45) is 0. The Labute approximate surface area is 123 Å². The van der Waals surface area contributed by atoms with Gasteiger partial charge in [-0.05, 0) is 42.3 Å². The zero-order valence-electron chi connectivity index (χ0n) is 10.8. The molecule has 0 unspecified atom stereocenters. The molecule has 0 saturated heterocycles. The molecule has 2 aromatic rings. The molecule has 0 bridgehead atoms. The zero-order valence-corrected chi connectivity index (χ0v) is 12.4. The first-order valence-electron chi connectivity index (χ1n) is 5.92. The molecule has 0 radical (unpaired) electrons. The van der Waals surface area contributed by atoms with Crippen LogP contribution in [0.4, 0.5) is 5.69 Å². The summed E-state index contributed by atoms with van der Waals surface area (Å²) >= 11 is 5.95. The topological polar surface area (TPSA) is 66.4 Å². The second-order valence-corrected chi connectivity index (χ2v) is 6.38. The highest BCUT2D eigenvalue weighted by Gasteiger charge is 2.18. The number of halogens is 1. The van der Waals surface area contributed by atoms with Crippen molar-refractivity contribution in [2.45, 2.75) is 18.4 Å². The second kappa shape index (κ2) is 5.83. The molecule has 106 valence electrons. The Hall–Kier alpha value is -1.56. The molecule has 6 heteroatoms. The molecule has 2 aromatic carbocycles. The lowest BCUT2D eigenvalue weighted by Gasteiger charge is -2.11. The van der Waals surface area contributed by atoms with Gasteiger partial charge in [-0.1, -0.05) is 29.8 Å². The maximum atomic E-state index is 12.3. The first-order valence-corrected chi connectivity index (χ1v) is 7.78. The van der Waals surface area contributed by atoms with Gasteiger partial charge in [0.1, 0.15) is 0 Å². The number of aliphatic hydroxyl groups is 1. The monoisotopic (exact) mass is 311 g/mol. The summed E-state index contributed by atoms with van der Waals surface area (Å²) in [7, 11) is -3.71. The fourth-order valence-corrected chi connectivity index (χ4v) is 3.37. The Bertz CT molecular complexity index is 729. The van der Waals surface area contributed by atoms with E-state index >= 15 is 0 Å². The Morgan fingerprint density at radius 2 is 1.90 bits per heavy atom. The van der Waals surface area contributed by atoms with Crippen molar-refractivity contribution < 1.29 is 13.5 Å². The Balaban J connectivity index is 2.38. The van der Waals surface area contributed by atoms with Crippen molar-refractivity contribution in [1.82, 2.24) is 0 Å². The number of nitrogens with one attached hydrogen (secondary N) is 1. The highest BCUT2D eigenvalue weighted by molar-refractivity contribution is 7.92. The maximum absolute atomic E-state index is 12.3. The van der Waals surface area contributed by atoms with E-state index in [4.69, 9.17) is 16.7 Å². The number of hydrogen-bond acceptors (Lipinski definition) is 3. The van der Waals surface area contributed by atoms with Crippen LogP contribution in [0.25, 0.3) is 0 Å². The molecule has 0 aliphatic heterocycles. The van der Waals surface area contributed by atoms with Gasteiger partial charge in [-0.3, -0.25) is 4.72 Å². The molecule has 2 N–H and O–H groups in total. The fraction of sp³-hybridized carbons (Fsp3) is 0.143. The molecule has 0 saturated carbocycles. The largest absolute Gasteiger partial charge is 0.392 e. The van der Waals surface area contributed by atoms with Crippen LogP contribution in [0, 0.1) is 6.92 Å². The van der Waals surface area contributed by atoms with Crippen molar-refractivity contribution in [3.05, 3.63) is 58.6 Å². The predicted octanol–water partition coefficient (Wildman–Crippen LogP) is 2.94. The third kappa shape index (κ3) is 3.12. The second-order valence-electron chi connectivity index (χ2n) is 4.33. The summed E-state index contributed by atoms with van der Waals surface area (Å²) in [6.45, 7) is 1.51. The molecule has 0 aliphatic carbocycles. The van der Waals surface area contributed by atoms with Gasteiger partial charge < -0.3 is 5.11 Å². The Morgan fingerprint density at radius 1 is 1.20 bits per heavy atom. The summed E-state index contributed by atoms with van der Waals surface area (Å²) in [5, 5.41) is 9.46. The lowest BCUT2D eigenvalue weighted by molar-refractivity contribution is 0.282. The van der Waals surface area contributed by atoms with Gasteiger partial charge in [0.25, 0.3) is 10.0 Å². The van der Waals surface area contributed by atoms with Gasteiger partial charge in [0, 0.05) is 10.7 Å². The average molecular weight is 312 g/mol. The fourth-order valence-electron chi connectivity index (χ4n) is 1.82. The van der Waals surface area contributed by atoms with Gasteiger partial charge in [-0.15, -0.1) is 0 Å². The minimum Gasteiger partial charge on any atom is -0.392 e. The van der Waals surface area contributed by atoms with Gasteiger partial charge in [0.15, 0.2) is 0 Å². The van der Waals surface area contributed by atoms with Crippen LogP contribution in [0.5, 0.6) is 0 Å². The maximum Gasteiger partial charge on any atom is 0.262 e. The van der Waals surface area contributed by atoms with Gasteiger partial charge in [0.2, 0.25) is 0 Å². The highest BCUT2D eigenvalue weighted by Crippen LogP contribution is 2.25. The third-order valence-electron chi connectivity index (χ3n) is 2.87. The van der Waals surface area contributed by atoms with Gasteiger partial charge in [-0.25, -0.2) is 8.42 Å². The van der Waals surface area contributed by atoms with E-state index in [0.717, 1.165) is 0 Å². The Morgan fingerprint density at radius 3 is 2.60 bits per heavy atom. The molecular formula is C14H14ClNO3S. The van der Waals surface area contributed by atoms with Crippen LogP contribution in [0.2, 0.25) is 5.02 Å². The smallest absolute Gasteiger partial charge is 0.262 e. The molecule has 0 fully saturated rings. The first kappa shape index (κ1) is 14.8. The number of hydrogen-bond donors (Lipinski definition) is 2. The number of benzene rings is 2. The molecule has 2 rings (SSSR count). The minimum absolute atomic E-state index is 0.138. The summed E-state index contributed by atoms with van der Waals surface area (Å²) in [5.41, 5.74) is 1.53. The molecule has 0 spiro atoms. The standard InChI is InChI=1S/C14H14ClNO3S/c1-10-13(15)6-3-7-14(10)20(18,19)16-12-5-2-4-11(8-12)9-17/h2-8,16-17H,9H2,1H3. The number of anilines is 1. The summed E-state index contributed by atoms with van der Waals surface area (Å²) in [4.78, 5) is 0.138. The molecule has 0 heterocycles. The van der Waals surface area contributed by atoms with E-state index in [2.05, 4.69) is 4.72 Å². The third-order valence-corrected chi connectivity index (χ3v) is 4.80. The van der Waals surface area contributed by atoms with Crippen molar-refractivity contribution in [3.63, 3.8) is 0 Å².